The molecule has 1 atom stereocenters. The molecule has 0 aliphatic carbocycles. The van der Waals surface area contributed by atoms with Crippen LogP contribution in [-0.4, -0.2) is 36.6 Å². The van der Waals surface area contributed by atoms with Crippen LogP contribution in [0.25, 0.3) is 0 Å². The van der Waals surface area contributed by atoms with Gasteiger partial charge < -0.3 is 20.5 Å². The molecule has 0 aromatic heterocycles. The molecule has 0 spiro atoms. The van der Waals surface area contributed by atoms with Crippen LogP contribution in [-0.2, 0) is 24.5 Å². The Bertz CT molecular complexity index is 805. The van der Waals surface area contributed by atoms with Crippen LogP contribution in [0.15, 0.2) is 54.6 Å². The zero-order valence-electron chi connectivity index (χ0n) is 15.2. The van der Waals surface area contributed by atoms with E-state index >= 15 is 0 Å². The van der Waals surface area contributed by atoms with Gasteiger partial charge in [-0.1, -0.05) is 30.3 Å². The Kier molecular flexibility index (Phi) is 6.67. The lowest BCUT2D eigenvalue weighted by Gasteiger charge is -2.24. The molecule has 0 aliphatic heterocycles. The number of amides is 2. The summed E-state index contributed by atoms with van der Waals surface area (Å²) in [7, 11) is 1.43. The summed E-state index contributed by atoms with van der Waals surface area (Å²) in [6.07, 6.45) is -0.210. The molecule has 27 heavy (non-hydrogen) atoms. The van der Waals surface area contributed by atoms with Crippen LogP contribution in [0.3, 0.4) is 0 Å². The molecule has 7 heteroatoms. The second-order valence-corrected chi connectivity index (χ2v) is 6.29. The fraction of sp³-hybridized carbons (Fsp3) is 0.250. The van der Waals surface area contributed by atoms with Gasteiger partial charge in [0.15, 0.2) is 0 Å². The number of carboxylic acids is 1. The van der Waals surface area contributed by atoms with E-state index in [2.05, 4.69) is 10.6 Å². The van der Waals surface area contributed by atoms with Gasteiger partial charge in [0.25, 0.3) is 0 Å². The molecule has 0 bridgehead atoms. The van der Waals surface area contributed by atoms with Gasteiger partial charge in [-0.3, -0.25) is 14.4 Å². The third kappa shape index (κ3) is 5.39. The SMILES string of the molecule is COCC(=O)Nc1ccc(NC(=O)CC(C)(C(=O)O)c2ccccc2)cc1. The van der Waals surface area contributed by atoms with Crippen molar-refractivity contribution in [2.75, 3.05) is 24.4 Å². The van der Waals surface area contributed by atoms with Crippen molar-refractivity contribution in [3.05, 3.63) is 60.2 Å². The molecule has 0 saturated heterocycles. The molecule has 0 heterocycles. The number of aliphatic carboxylic acids is 1. The highest BCUT2D eigenvalue weighted by Crippen LogP contribution is 2.28. The van der Waals surface area contributed by atoms with Gasteiger partial charge in [-0.2, -0.15) is 0 Å². The summed E-state index contributed by atoms with van der Waals surface area (Å²) >= 11 is 0. The first-order valence-electron chi connectivity index (χ1n) is 8.33. The minimum absolute atomic E-state index is 0.0499. The Hall–Kier alpha value is -3.19. The quantitative estimate of drug-likeness (QED) is 0.663. The molecule has 142 valence electrons. The Balaban J connectivity index is 2.04. The maximum Gasteiger partial charge on any atom is 0.314 e. The average Bonchev–Trinajstić information content (AvgIpc) is 2.64. The molecule has 0 radical (unpaired) electrons. The number of nitrogens with one attached hydrogen (secondary N) is 2. The zero-order valence-corrected chi connectivity index (χ0v) is 15.2. The van der Waals surface area contributed by atoms with Gasteiger partial charge >= 0.3 is 5.97 Å². The van der Waals surface area contributed by atoms with Crippen molar-refractivity contribution < 1.29 is 24.2 Å². The summed E-state index contributed by atoms with van der Waals surface area (Å²) in [5, 5.41) is 15.0. The van der Waals surface area contributed by atoms with Crippen molar-refractivity contribution in [3.63, 3.8) is 0 Å². The highest BCUT2D eigenvalue weighted by atomic mass is 16.5. The number of carbonyl (C=O) groups is 3. The summed E-state index contributed by atoms with van der Waals surface area (Å²) in [6, 6.07) is 15.2. The van der Waals surface area contributed by atoms with Crippen molar-refractivity contribution in [3.8, 4) is 0 Å². The van der Waals surface area contributed by atoms with Crippen LogP contribution >= 0.6 is 0 Å². The van der Waals surface area contributed by atoms with Crippen molar-refractivity contribution in [1.29, 1.82) is 0 Å². The summed E-state index contributed by atoms with van der Waals surface area (Å²) in [6.45, 7) is 1.48. The Morgan fingerprint density at radius 1 is 0.926 bits per heavy atom. The number of methoxy groups -OCH3 is 1. The maximum atomic E-state index is 12.4. The lowest BCUT2D eigenvalue weighted by molar-refractivity contribution is -0.145. The lowest BCUT2D eigenvalue weighted by atomic mass is 9.79. The third-order valence-electron chi connectivity index (χ3n) is 4.12. The first-order chi connectivity index (χ1) is 12.8. The average molecular weight is 370 g/mol. The second-order valence-electron chi connectivity index (χ2n) is 6.29. The Morgan fingerprint density at radius 3 is 1.93 bits per heavy atom. The van der Waals surface area contributed by atoms with E-state index in [4.69, 9.17) is 4.74 Å². The molecule has 2 rings (SSSR count). The fourth-order valence-corrected chi connectivity index (χ4v) is 2.60. The number of benzene rings is 2. The Labute approximate surface area is 157 Å². The highest BCUT2D eigenvalue weighted by Gasteiger charge is 2.37. The largest absolute Gasteiger partial charge is 0.481 e. The fourth-order valence-electron chi connectivity index (χ4n) is 2.60. The minimum Gasteiger partial charge on any atom is -0.481 e. The van der Waals surface area contributed by atoms with Crippen LogP contribution in [0.4, 0.5) is 11.4 Å². The molecule has 2 aromatic rings. The van der Waals surface area contributed by atoms with E-state index < -0.39 is 17.3 Å². The van der Waals surface area contributed by atoms with E-state index in [0.29, 0.717) is 16.9 Å². The van der Waals surface area contributed by atoms with E-state index in [0.717, 1.165) is 0 Å². The highest BCUT2D eigenvalue weighted by molar-refractivity contribution is 5.97. The van der Waals surface area contributed by atoms with Crippen LogP contribution in [0.1, 0.15) is 18.9 Å². The van der Waals surface area contributed by atoms with Gasteiger partial charge in [0.2, 0.25) is 11.8 Å². The van der Waals surface area contributed by atoms with Crippen LogP contribution in [0, 0.1) is 0 Å². The van der Waals surface area contributed by atoms with Crippen molar-refractivity contribution in [2.45, 2.75) is 18.8 Å². The predicted molar refractivity (Wildman–Crippen MR) is 102 cm³/mol. The number of ether oxygens (including phenoxy) is 1. The standard InChI is InChI=1S/C20H22N2O5/c1-20(19(25)26,14-6-4-3-5-7-14)12-17(23)21-15-8-10-16(11-9-15)22-18(24)13-27-2/h3-11H,12-13H2,1-2H3,(H,21,23)(H,22,24)(H,25,26). The third-order valence-corrected chi connectivity index (χ3v) is 4.12. The number of hydrogen-bond acceptors (Lipinski definition) is 4. The Morgan fingerprint density at radius 2 is 1.44 bits per heavy atom. The molecule has 2 aromatic carbocycles. The first-order valence-corrected chi connectivity index (χ1v) is 8.33. The second kappa shape index (κ2) is 8.95. The normalized spacial score (nSPS) is 12.7. The first kappa shape index (κ1) is 20.1. The number of rotatable bonds is 8. The summed E-state index contributed by atoms with van der Waals surface area (Å²) in [4.78, 5) is 35.6. The monoisotopic (exact) mass is 370 g/mol. The van der Waals surface area contributed by atoms with Crippen LogP contribution < -0.4 is 10.6 Å². The van der Waals surface area contributed by atoms with E-state index in [-0.39, 0.29) is 18.9 Å². The predicted octanol–water partition coefficient (Wildman–Crippen LogP) is 2.64. The van der Waals surface area contributed by atoms with Crippen LogP contribution in [0.5, 0.6) is 0 Å². The van der Waals surface area contributed by atoms with Crippen molar-refractivity contribution >= 4 is 29.2 Å². The van der Waals surface area contributed by atoms with Gasteiger partial charge in [0.05, 0.1) is 5.41 Å². The number of carboxylic acid groups (broad SMARTS) is 1. The maximum absolute atomic E-state index is 12.4. The lowest BCUT2D eigenvalue weighted by Crippen LogP contribution is -2.36. The number of hydrogen-bond donors (Lipinski definition) is 3. The summed E-state index contributed by atoms with van der Waals surface area (Å²) in [5.74, 6) is -1.77. The van der Waals surface area contributed by atoms with Crippen LogP contribution in [0.2, 0.25) is 0 Å². The van der Waals surface area contributed by atoms with Crippen molar-refractivity contribution in [1.82, 2.24) is 0 Å². The number of carbonyl (C=O) groups excluding carboxylic acids is 2. The smallest absolute Gasteiger partial charge is 0.314 e. The summed E-state index contributed by atoms with van der Waals surface area (Å²) < 4.78 is 4.74. The molecular weight excluding hydrogens is 348 g/mol. The molecule has 1 unspecified atom stereocenters. The van der Waals surface area contributed by atoms with E-state index in [1.807, 2.05) is 0 Å². The zero-order chi connectivity index (χ0) is 19.9. The van der Waals surface area contributed by atoms with Gasteiger partial charge in [-0.05, 0) is 36.8 Å². The summed E-state index contributed by atoms with van der Waals surface area (Å²) in [5.41, 5.74) is 0.295. The van der Waals surface area contributed by atoms with Gasteiger partial charge in [0.1, 0.15) is 6.61 Å². The molecule has 3 N–H and O–H groups in total. The number of anilines is 2. The van der Waals surface area contributed by atoms with Gasteiger partial charge in [-0.25, -0.2) is 0 Å². The molecule has 0 saturated carbocycles. The molecule has 7 nitrogen and oxygen atoms in total. The van der Waals surface area contributed by atoms with Crippen molar-refractivity contribution in [2.24, 2.45) is 0 Å². The van der Waals surface area contributed by atoms with Gasteiger partial charge in [0, 0.05) is 24.9 Å². The van der Waals surface area contributed by atoms with E-state index in [9.17, 15) is 19.5 Å². The molecule has 2 amide bonds. The minimum atomic E-state index is -1.33. The van der Waals surface area contributed by atoms with E-state index in [1.165, 1.54) is 14.0 Å². The molecule has 0 aliphatic rings. The van der Waals surface area contributed by atoms with E-state index in [1.54, 1.807) is 54.6 Å². The molecular formula is C20H22N2O5. The van der Waals surface area contributed by atoms with Gasteiger partial charge in [-0.15, -0.1) is 0 Å². The molecule has 0 fully saturated rings. The topological polar surface area (TPSA) is 105 Å².